The Morgan fingerprint density at radius 1 is 1.26 bits per heavy atom. The smallest absolute Gasteiger partial charge is 0.224 e. The molecule has 0 amide bonds. The number of carbonyl (C=O) groups is 1. The zero-order chi connectivity index (χ0) is 13.9. The van der Waals surface area contributed by atoms with Gasteiger partial charge in [-0.1, -0.05) is 43.7 Å². The fraction of sp³-hybridized carbons (Fsp3) is 0.500. The van der Waals surface area contributed by atoms with Gasteiger partial charge in [0.2, 0.25) is 10.0 Å². The van der Waals surface area contributed by atoms with Crippen LogP contribution in [0.2, 0.25) is 0 Å². The lowest BCUT2D eigenvalue weighted by Crippen LogP contribution is -2.42. The second-order valence-corrected chi connectivity index (χ2v) is 7.02. The predicted molar refractivity (Wildman–Crippen MR) is 74.6 cm³/mol. The van der Waals surface area contributed by atoms with Crippen LogP contribution in [0, 0.1) is 0 Å². The standard InChI is InChI=1S/C14H19NO3S/c1-2-3-11-15-19(17,18)14(9-10-14)13(16)12-7-5-4-6-8-12/h4-8,15H,2-3,9-11H2,1H3. The Hall–Kier alpha value is -1.20. The predicted octanol–water partition coefficient (Wildman–Crippen LogP) is 2.12. The van der Waals surface area contributed by atoms with Gasteiger partial charge in [0.25, 0.3) is 0 Å². The van der Waals surface area contributed by atoms with Gasteiger partial charge in [0.1, 0.15) is 4.75 Å². The molecule has 0 aliphatic heterocycles. The molecule has 1 aromatic carbocycles. The molecule has 1 saturated carbocycles. The first-order valence-corrected chi connectivity index (χ1v) is 8.11. The summed E-state index contributed by atoms with van der Waals surface area (Å²) < 4.78 is 25.9. The van der Waals surface area contributed by atoms with Gasteiger partial charge in [-0.3, -0.25) is 4.79 Å². The molecule has 1 aromatic rings. The average molecular weight is 281 g/mol. The average Bonchev–Trinajstić information content (AvgIpc) is 3.21. The van der Waals surface area contributed by atoms with Crippen molar-refractivity contribution in [1.82, 2.24) is 4.72 Å². The SMILES string of the molecule is CCCCNS(=O)(=O)C1(C(=O)c2ccccc2)CC1. The molecule has 19 heavy (non-hydrogen) atoms. The number of rotatable bonds is 7. The monoisotopic (exact) mass is 281 g/mol. The van der Waals surface area contributed by atoms with Crippen molar-refractivity contribution < 1.29 is 13.2 Å². The fourth-order valence-electron chi connectivity index (χ4n) is 2.11. The van der Waals surface area contributed by atoms with E-state index in [-0.39, 0.29) is 5.78 Å². The van der Waals surface area contributed by atoms with Gasteiger partial charge in [-0.25, -0.2) is 13.1 Å². The van der Waals surface area contributed by atoms with Crippen molar-refractivity contribution in [3.05, 3.63) is 35.9 Å². The van der Waals surface area contributed by atoms with E-state index in [2.05, 4.69) is 4.72 Å². The van der Waals surface area contributed by atoms with Gasteiger partial charge in [0, 0.05) is 12.1 Å². The van der Waals surface area contributed by atoms with Crippen LogP contribution in [0.1, 0.15) is 43.0 Å². The number of nitrogens with one attached hydrogen (secondary N) is 1. The van der Waals surface area contributed by atoms with Gasteiger partial charge < -0.3 is 0 Å². The number of ketones is 1. The maximum Gasteiger partial charge on any atom is 0.224 e. The van der Waals surface area contributed by atoms with E-state index in [0.717, 1.165) is 12.8 Å². The maximum atomic E-state index is 12.4. The number of hydrogen-bond acceptors (Lipinski definition) is 3. The summed E-state index contributed by atoms with van der Waals surface area (Å²) in [4.78, 5) is 12.4. The highest BCUT2D eigenvalue weighted by atomic mass is 32.2. The molecule has 0 radical (unpaired) electrons. The molecule has 4 nitrogen and oxygen atoms in total. The van der Waals surface area contributed by atoms with E-state index < -0.39 is 14.8 Å². The molecule has 5 heteroatoms. The fourth-order valence-corrected chi connectivity index (χ4v) is 3.80. The minimum atomic E-state index is -3.57. The second-order valence-electron chi connectivity index (χ2n) is 4.94. The molecule has 104 valence electrons. The normalized spacial score (nSPS) is 17.1. The summed E-state index contributed by atoms with van der Waals surface area (Å²) in [6.45, 7) is 2.40. The molecule has 0 spiro atoms. The van der Waals surface area contributed by atoms with Crippen molar-refractivity contribution in [2.75, 3.05) is 6.54 Å². The lowest BCUT2D eigenvalue weighted by molar-refractivity contribution is 0.0977. The van der Waals surface area contributed by atoms with Crippen LogP contribution in [0.3, 0.4) is 0 Å². The van der Waals surface area contributed by atoms with Crippen molar-refractivity contribution in [3.63, 3.8) is 0 Å². The molecule has 0 aromatic heterocycles. The molecule has 0 heterocycles. The Bertz CT molecular complexity index is 547. The molecule has 1 N–H and O–H groups in total. The van der Waals surface area contributed by atoms with Gasteiger partial charge in [-0.05, 0) is 19.3 Å². The molecule has 0 bridgehead atoms. The molecule has 1 fully saturated rings. The first-order valence-electron chi connectivity index (χ1n) is 6.62. The summed E-state index contributed by atoms with van der Waals surface area (Å²) in [5.41, 5.74) is 0.473. The Kier molecular flexibility index (Phi) is 4.06. The number of hydrogen-bond donors (Lipinski definition) is 1. The van der Waals surface area contributed by atoms with Crippen LogP contribution in [0.4, 0.5) is 0 Å². The Morgan fingerprint density at radius 2 is 1.89 bits per heavy atom. The van der Waals surface area contributed by atoms with Crippen molar-refractivity contribution in [2.45, 2.75) is 37.4 Å². The summed E-state index contributed by atoms with van der Waals surface area (Å²) in [5.74, 6) is -0.280. The van der Waals surface area contributed by atoms with Crippen LogP contribution < -0.4 is 4.72 Å². The van der Waals surface area contributed by atoms with Gasteiger partial charge in [0.15, 0.2) is 5.78 Å². The lowest BCUT2D eigenvalue weighted by atomic mass is 10.1. The summed E-state index contributed by atoms with van der Waals surface area (Å²) in [6, 6.07) is 8.65. The summed E-state index contributed by atoms with van der Waals surface area (Å²) >= 11 is 0. The third-order valence-electron chi connectivity index (χ3n) is 3.49. The molecule has 1 aliphatic carbocycles. The van der Waals surface area contributed by atoms with Gasteiger partial charge >= 0.3 is 0 Å². The third kappa shape index (κ3) is 2.72. The molecule has 2 rings (SSSR count). The highest BCUT2D eigenvalue weighted by molar-refractivity contribution is 7.92. The quantitative estimate of drug-likeness (QED) is 0.615. The zero-order valence-corrected chi connectivity index (χ0v) is 11.9. The minimum absolute atomic E-state index is 0.280. The van der Waals surface area contributed by atoms with E-state index in [1.807, 2.05) is 13.0 Å². The van der Waals surface area contributed by atoms with Crippen molar-refractivity contribution in [2.24, 2.45) is 0 Å². The van der Waals surface area contributed by atoms with E-state index in [9.17, 15) is 13.2 Å². The second kappa shape index (κ2) is 5.43. The molecule has 1 aliphatic rings. The van der Waals surface area contributed by atoms with Gasteiger partial charge in [0.05, 0.1) is 0 Å². The summed E-state index contributed by atoms with van der Waals surface area (Å²) in [5, 5.41) is 0. The van der Waals surface area contributed by atoms with Crippen molar-refractivity contribution in [1.29, 1.82) is 0 Å². The number of benzene rings is 1. The number of Topliss-reactive ketones (excluding diaryl/α,β-unsaturated/α-hetero) is 1. The number of sulfonamides is 1. The summed E-state index contributed by atoms with van der Waals surface area (Å²) in [6.07, 6.45) is 2.54. The van der Waals surface area contributed by atoms with Gasteiger partial charge in [-0.2, -0.15) is 0 Å². The van der Waals surface area contributed by atoms with E-state index in [4.69, 9.17) is 0 Å². The van der Waals surface area contributed by atoms with E-state index >= 15 is 0 Å². The first kappa shape index (κ1) is 14.2. The van der Waals surface area contributed by atoms with Crippen molar-refractivity contribution in [3.8, 4) is 0 Å². The number of unbranched alkanes of at least 4 members (excludes halogenated alkanes) is 1. The van der Waals surface area contributed by atoms with Crippen LogP contribution in [-0.4, -0.2) is 25.5 Å². The maximum absolute atomic E-state index is 12.4. The summed E-state index contributed by atoms with van der Waals surface area (Å²) in [7, 11) is -3.57. The highest BCUT2D eigenvalue weighted by Gasteiger charge is 2.60. The highest BCUT2D eigenvalue weighted by Crippen LogP contribution is 2.45. The molecular formula is C14H19NO3S. The van der Waals surface area contributed by atoms with Crippen molar-refractivity contribution >= 4 is 15.8 Å². The van der Waals surface area contributed by atoms with Crippen LogP contribution in [-0.2, 0) is 10.0 Å². The van der Waals surface area contributed by atoms with Gasteiger partial charge in [-0.15, -0.1) is 0 Å². The van der Waals surface area contributed by atoms with Crippen LogP contribution in [0.25, 0.3) is 0 Å². The van der Waals surface area contributed by atoms with Crippen LogP contribution in [0.15, 0.2) is 30.3 Å². The number of carbonyl (C=O) groups excluding carboxylic acids is 1. The van der Waals surface area contributed by atoms with Crippen LogP contribution >= 0.6 is 0 Å². The Balaban J connectivity index is 2.17. The van der Waals surface area contributed by atoms with E-state index in [1.54, 1.807) is 24.3 Å². The third-order valence-corrected chi connectivity index (χ3v) is 5.70. The zero-order valence-electron chi connectivity index (χ0n) is 11.1. The molecule has 0 unspecified atom stereocenters. The van der Waals surface area contributed by atoms with E-state index in [1.165, 1.54) is 0 Å². The topological polar surface area (TPSA) is 63.2 Å². The first-order chi connectivity index (χ1) is 9.03. The lowest BCUT2D eigenvalue weighted by Gasteiger charge is -2.16. The molecule has 0 saturated heterocycles. The Labute approximate surface area is 114 Å². The molecular weight excluding hydrogens is 262 g/mol. The Morgan fingerprint density at radius 3 is 2.42 bits per heavy atom. The largest absolute Gasteiger partial charge is 0.292 e. The molecule has 0 atom stereocenters. The minimum Gasteiger partial charge on any atom is -0.292 e. The van der Waals surface area contributed by atoms with E-state index in [0.29, 0.717) is 24.9 Å². The van der Waals surface area contributed by atoms with Crippen LogP contribution in [0.5, 0.6) is 0 Å².